The Labute approximate surface area is 123 Å². The number of carbonyl (C=O) groups is 1. The quantitative estimate of drug-likeness (QED) is 0.778. The molecule has 0 spiro atoms. The molecule has 0 bridgehead atoms. The van der Waals surface area contributed by atoms with Crippen molar-refractivity contribution >= 4 is 27.3 Å². The number of ether oxygens (including phenoxy) is 1. The monoisotopic (exact) mass is 320 g/mol. The Kier molecular flexibility index (Phi) is 5.67. The molecule has 20 heavy (non-hydrogen) atoms. The number of esters is 1. The van der Waals surface area contributed by atoms with Gasteiger partial charge >= 0.3 is 5.97 Å². The van der Waals surface area contributed by atoms with Crippen LogP contribution in [0.25, 0.3) is 0 Å². The Morgan fingerprint density at radius 1 is 1.35 bits per heavy atom. The SMILES string of the molecule is CCC(CC)(CC)NS(=O)(=O)c1scnc1C(=O)OC. The summed E-state index contributed by atoms with van der Waals surface area (Å²) in [4.78, 5) is 15.3. The molecule has 0 aliphatic rings. The molecule has 114 valence electrons. The minimum absolute atomic E-state index is 0.0934. The van der Waals surface area contributed by atoms with Gasteiger partial charge in [-0.2, -0.15) is 0 Å². The van der Waals surface area contributed by atoms with E-state index >= 15 is 0 Å². The molecule has 0 unspecified atom stereocenters. The van der Waals surface area contributed by atoms with Gasteiger partial charge in [0.1, 0.15) is 0 Å². The predicted molar refractivity (Wildman–Crippen MR) is 77.4 cm³/mol. The average molecular weight is 320 g/mol. The molecular formula is C12H20N2O4S2. The summed E-state index contributed by atoms with van der Waals surface area (Å²) in [7, 11) is -2.60. The van der Waals surface area contributed by atoms with Gasteiger partial charge in [0, 0.05) is 5.54 Å². The number of thiazole rings is 1. The predicted octanol–water partition coefficient (Wildman–Crippen LogP) is 2.18. The third kappa shape index (κ3) is 3.36. The maximum atomic E-state index is 12.5. The van der Waals surface area contributed by atoms with Crippen LogP contribution in [0.1, 0.15) is 50.5 Å². The van der Waals surface area contributed by atoms with Crippen LogP contribution in [0.2, 0.25) is 0 Å². The number of nitrogens with one attached hydrogen (secondary N) is 1. The molecule has 0 aliphatic carbocycles. The van der Waals surface area contributed by atoms with E-state index in [1.165, 1.54) is 12.6 Å². The molecule has 1 aromatic heterocycles. The van der Waals surface area contributed by atoms with Gasteiger partial charge in [-0.25, -0.2) is 22.9 Å². The van der Waals surface area contributed by atoms with Crippen LogP contribution in [0.5, 0.6) is 0 Å². The molecule has 0 radical (unpaired) electrons. The van der Waals surface area contributed by atoms with Gasteiger partial charge in [0.15, 0.2) is 9.90 Å². The lowest BCUT2D eigenvalue weighted by Crippen LogP contribution is -2.47. The third-order valence-electron chi connectivity index (χ3n) is 3.54. The van der Waals surface area contributed by atoms with Gasteiger partial charge in [-0.3, -0.25) is 0 Å². The molecule has 1 rings (SSSR count). The summed E-state index contributed by atoms with van der Waals surface area (Å²) in [5.74, 6) is -0.748. The summed E-state index contributed by atoms with van der Waals surface area (Å²) in [6.07, 6.45) is 2.02. The van der Waals surface area contributed by atoms with Crippen molar-refractivity contribution in [3.8, 4) is 0 Å². The van der Waals surface area contributed by atoms with Gasteiger partial charge < -0.3 is 4.74 Å². The highest BCUT2D eigenvalue weighted by molar-refractivity contribution is 7.91. The smallest absolute Gasteiger partial charge is 0.358 e. The fourth-order valence-electron chi connectivity index (χ4n) is 1.96. The summed E-state index contributed by atoms with van der Waals surface area (Å²) in [5.41, 5.74) is 0.657. The lowest BCUT2D eigenvalue weighted by Gasteiger charge is -2.31. The van der Waals surface area contributed by atoms with E-state index in [0.29, 0.717) is 19.3 Å². The number of hydrogen-bond acceptors (Lipinski definition) is 6. The summed E-state index contributed by atoms with van der Waals surface area (Å²) >= 11 is 0.910. The highest BCUT2D eigenvalue weighted by atomic mass is 32.2. The fraction of sp³-hybridized carbons (Fsp3) is 0.667. The molecule has 0 amide bonds. The molecule has 0 aromatic carbocycles. The molecular weight excluding hydrogens is 300 g/mol. The number of nitrogens with zero attached hydrogens (tertiary/aromatic N) is 1. The maximum Gasteiger partial charge on any atom is 0.358 e. The summed E-state index contributed by atoms with van der Waals surface area (Å²) in [5, 5.41) is 0. The average Bonchev–Trinajstić information content (AvgIpc) is 2.94. The van der Waals surface area contributed by atoms with Crippen molar-refractivity contribution in [3.63, 3.8) is 0 Å². The highest BCUT2D eigenvalue weighted by Gasteiger charge is 2.34. The minimum atomic E-state index is -3.79. The van der Waals surface area contributed by atoms with Crippen LogP contribution >= 0.6 is 11.3 Å². The second-order valence-corrected chi connectivity index (χ2v) is 7.16. The fourth-order valence-corrected chi connectivity index (χ4v) is 4.71. The molecule has 1 heterocycles. The van der Waals surface area contributed by atoms with Crippen molar-refractivity contribution in [2.24, 2.45) is 0 Å². The number of sulfonamides is 1. The topological polar surface area (TPSA) is 85.4 Å². The van der Waals surface area contributed by atoms with Gasteiger partial charge in [0.05, 0.1) is 12.6 Å². The van der Waals surface area contributed by atoms with E-state index in [-0.39, 0.29) is 9.90 Å². The lowest BCUT2D eigenvalue weighted by atomic mass is 9.91. The molecule has 1 aromatic rings. The largest absolute Gasteiger partial charge is 0.464 e. The van der Waals surface area contributed by atoms with E-state index < -0.39 is 21.5 Å². The number of aromatic nitrogens is 1. The van der Waals surface area contributed by atoms with Crippen LogP contribution in [0, 0.1) is 0 Å². The van der Waals surface area contributed by atoms with E-state index in [1.807, 2.05) is 20.8 Å². The Morgan fingerprint density at radius 3 is 2.35 bits per heavy atom. The van der Waals surface area contributed by atoms with Crippen molar-refractivity contribution < 1.29 is 17.9 Å². The van der Waals surface area contributed by atoms with Gasteiger partial charge in [-0.15, -0.1) is 11.3 Å². The van der Waals surface area contributed by atoms with Gasteiger partial charge in [0.2, 0.25) is 0 Å². The van der Waals surface area contributed by atoms with Crippen molar-refractivity contribution in [1.82, 2.24) is 9.71 Å². The van der Waals surface area contributed by atoms with E-state index in [1.54, 1.807) is 0 Å². The van der Waals surface area contributed by atoms with Gasteiger partial charge in [0.25, 0.3) is 10.0 Å². The van der Waals surface area contributed by atoms with Crippen LogP contribution in [-0.4, -0.2) is 32.0 Å². The van der Waals surface area contributed by atoms with Crippen molar-refractivity contribution in [2.75, 3.05) is 7.11 Å². The second-order valence-electron chi connectivity index (χ2n) is 4.43. The van der Waals surface area contributed by atoms with E-state index in [4.69, 9.17) is 0 Å². The Morgan fingerprint density at radius 2 is 1.90 bits per heavy atom. The first-order valence-electron chi connectivity index (χ1n) is 6.41. The van der Waals surface area contributed by atoms with E-state index in [2.05, 4.69) is 14.4 Å². The Balaban J connectivity index is 3.18. The van der Waals surface area contributed by atoms with Crippen LogP contribution < -0.4 is 4.72 Å². The zero-order valence-electron chi connectivity index (χ0n) is 12.1. The van der Waals surface area contributed by atoms with Crippen LogP contribution in [0.15, 0.2) is 9.72 Å². The Bertz CT molecular complexity index is 554. The first kappa shape index (κ1) is 17.1. The van der Waals surface area contributed by atoms with Crippen LogP contribution in [-0.2, 0) is 14.8 Å². The van der Waals surface area contributed by atoms with Crippen molar-refractivity contribution in [1.29, 1.82) is 0 Å². The van der Waals surface area contributed by atoms with Crippen molar-refractivity contribution in [2.45, 2.75) is 49.8 Å². The molecule has 6 nitrogen and oxygen atoms in total. The number of hydrogen-bond donors (Lipinski definition) is 1. The van der Waals surface area contributed by atoms with Gasteiger partial charge in [-0.05, 0) is 19.3 Å². The second kappa shape index (κ2) is 6.64. The lowest BCUT2D eigenvalue weighted by molar-refractivity contribution is 0.0590. The molecule has 0 atom stereocenters. The third-order valence-corrected chi connectivity index (χ3v) is 6.49. The zero-order valence-corrected chi connectivity index (χ0v) is 13.7. The van der Waals surface area contributed by atoms with Gasteiger partial charge in [-0.1, -0.05) is 20.8 Å². The van der Waals surface area contributed by atoms with Crippen LogP contribution in [0.3, 0.4) is 0 Å². The Hall–Kier alpha value is -0.990. The normalized spacial score (nSPS) is 12.4. The molecule has 0 saturated heterocycles. The number of methoxy groups -OCH3 is 1. The van der Waals surface area contributed by atoms with Crippen LogP contribution in [0.4, 0.5) is 0 Å². The van der Waals surface area contributed by atoms with E-state index in [9.17, 15) is 13.2 Å². The first-order chi connectivity index (χ1) is 9.35. The number of rotatable bonds is 7. The minimum Gasteiger partial charge on any atom is -0.464 e. The molecule has 8 heteroatoms. The maximum absolute atomic E-state index is 12.5. The number of carbonyl (C=O) groups excluding carboxylic acids is 1. The van der Waals surface area contributed by atoms with E-state index in [0.717, 1.165) is 11.3 Å². The molecule has 0 aliphatic heterocycles. The molecule has 0 fully saturated rings. The highest BCUT2D eigenvalue weighted by Crippen LogP contribution is 2.26. The summed E-state index contributed by atoms with van der Waals surface area (Å²) < 4.78 is 32.1. The summed E-state index contributed by atoms with van der Waals surface area (Å²) in [6.45, 7) is 5.80. The molecule has 0 saturated carbocycles. The zero-order chi connectivity index (χ0) is 15.4. The summed E-state index contributed by atoms with van der Waals surface area (Å²) in [6, 6.07) is 0. The first-order valence-corrected chi connectivity index (χ1v) is 8.77. The van der Waals surface area contributed by atoms with Crippen molar-refractivity contribution in [3.05, 3.63) is 11.2 Å². The standard InChI is InChI=1S/C12H20N2O4S2/c1-5-12(6-2,7-3)14-20(16,17)11-9(10(15)18-4)13-8-19-11/h8,14H,5-7H2,1-4H3. The molecule has 1 N–H and O–H groups in total.